The van der Waals surface area contributed by atoms with Crippen LogP contribution >= 0.6 is 0 Å². The van der Waals surface area contributed by atoms with Crippen LogP contribution in [0.4, 0.5) is 15.0 Å². The highest BCUT2D eigenvalue weighted by atomic mass is 19.1. The quantitative estimate of drug-likeness (QED) is 0.0621. The Kier molecular flexibility index (Phi) is 16.8. The summed E-state index contributed by atoms with van der Waals surface area (Å²) in [5.41, 5.74) is 5.49. The molecule has 0 aliphatic carbocycles. The number of aryl methyl sites for hydroxylation is 1. The Bertz CT molecular complexity index is 1050. The van der Waals surface area contributed by atoms with Crippen LogP contribution in [0.15, 0.2) is 12.4 Å². The van der Waals surface area contributed by atoms with E-state index in [4.69, 9.17) is 26.4 Å². The lowest BCUT2D eigenvalue weighted by atomic mass is 10.0. The van der Waals surface area contributed by atoms with E-state index in [-0.39, 0.29) is 12.4 Å². The number of anilines is 1. The lowest BCUT2D eigenvalue weighted by molar-refractivity contribution is -0.0392. The predicted octanol–water partition coefficient (Wildman–Crippen LogP) is 7.98. The zero-order chi connectivity index (χ0) is 29.8. The normalized spacial score (nSPS) is 12.7. The Morgan fingerprint density at radius 3 is 2.07 bits per heavy atom. The van der Waals surface area contributed by atoms with Crippen LogP contribution in [0.5, 0.6) is 0 Å². The van der Waals surface area contributed by atoms with Crippen LogP contribution in [0, 0.1) is 18.3 Å². The van der Waals surface area contributed by atoms with Crippen LogP contribution in [0.1, 0.15) is 116 Å². The van der Waals surface area contributed by atoms with E-state index in [1.165, 1.54) is 103 Å². The molecule has 2 rings (SSSR count). The molecule has 2 heterocycles. The number of hydrogen-bond donors (Lipinski definition) is 1. The highest BCUT2D eigenvalue weighted by Crippen LogP contribution is 2.22. The third-order valence-electron chi connectivity index (χ3n) is 7.66. The number of rotatable bonds is 23. The fourth-order valence-corrected chi connectivity index (χ4v) is 4.96. The van der Waals surface area contributed by atoms with Crippen molar-refractivity contribution in [3.05, 3.63) is 18.3 Å². The molecule has 2 aromatic heterocycles. The maximum atomic E-state index is 13.7. The smallest absolute Gasteiger partial charge is 0.434 e. The second-order valence-electron chi connectivity index (χ2n) is 10.9. The van der Waals surface area contributed by atoms with Crippen molar-refractivity contribution in [3.63, 3.8) is 0 Å². The minimum absolute atomic E-state index is 0.0177. The predicted molar refractivity (Wildman–Crippen MR) is 162 cm³/mol. The number of pyridine rings is 1. The minimum atomic E-state index is -1.17. The molecule has 41 heavy (non-hydrogen) atoms. The number of methoxy groups -OCH3 is 1. The van der Waals surface area contributed by atoms with Crippen molar-refractivity contribution < 1.29 is 23.4 Å². The first-order valence-electron chi connectivity index (χ1n) is 15.5. The Morgan fingerprint density at radius 2 is 1.54 bits per heavy atom. The molecule has 0 aromatic carbocycles. The van der Waals surface area contributed by atoms with Gasteiger partial charge < -0.3 is 24.5 Å². The number of terminal acetylenes is 1. The summed E-state index contributed by atoms with van der Waals surface area (Å²) in [4.78, 5) is 19.9. The van der Waals surface area contributed by atoms with Crippen molar-refractivity contribution in [1.29, 1.82) is 0 Å². The molecular formula is C32H51FN4O4. The number of carbonyl (C=O) groups excluding carboxylic acids is 1. The number of ether oxygens (including phenoxy) is 3. The van der Waals surface area contributed by atoms with E-state index in [1.807, 2.05) is 0 Å². The molecule has 1 unspecified atom stereocenters. The van der Waals surface area contributed by atoms with Gasteiger partial charge in [-0.2, -0.15) is 4.39 Å². The van der Waals surface area contributed by atoms with E-state index >= 15 is 0 Å². The number of imidazole rings is 1. The van der Waals surface area contributed by atoms with Crippen LogP contribution in [0.3, 0.4) is 0 Å². The SMILES string of the molecule is C#CC(CCn1cnc2c(N)nc(F)cc21)(COC(=O)OCCCCCCCCCCCCCCCCCC)OC. The van der Waals surface area contributed by atoms with Crippen molar-refractivity contribution >= 4 is 23.0 Å². The van der Waals surface area contributed by atoms with Crippen LogP contribution in [-0.4, -0.2) is 46.6 Å². The summed E-state index contributed by atoms with van der Waals surface area (Å²) in [6.45, 7) is 2.76. The van der Waals surface area contributed by atoms with E-state index in [9.17, 15) is 9.18 Å². The van der Waals surface area contributed by atoms with Gasteiger partial charge in [-0.25, -0.2) is 14.8 Å². The Morgan fingerprint density at radius 1 is 0.976 bits per heavy atom. The van der Waals surface area contributed by atoms with Crippen LogP contribution in [0.2, 0.25) is 0 Å². The molecule has 0 saturated carbocycles. The fraction of sp³-hybridized carbons (Fsp3) is 0.719. The molecule has 0 amide bonds. The lowest BCUT2D eigenvalue weighted by Crippen LogP contribution is -2.37. The van der Waals surface area contributed by atoms with Gasteiger partial charge in [-0.15, -0.1) is 6.42 Å². The summed E-state index contributed by atoms with van der Waals surface area (Å²) in [6, 6.07) is 1.26. The molecule has 0 saturated heterocycles. The van der Waals surface area contributed by atoms with Gasteiger partial charge in [-0.1, -0.05) is 109 Å². The number of nitrogen functional groups attached to an aromatic ring is 1. The third kappa shape index (κ3) is 13.1. The van der Waals surface area contributed by atoms with Gasteiger partial charge in [0.05, 0.1) is 18.5 Å². The lowest BCUT2D eigenvalue weighted by Gasteiger charge is -2.26. The van der Waals surface area contributed by atoms with Gasteiger partial charge in [0.2, 0.25) is 5.95 Å². The molecule has 0 bridgehead atoms. The number of aromatic nitrogens is 3. The Labute approximate surface area is 245 Å². The van der Waals surface area contributed by atoms with E-state index in [2.05, 4.69) is 22.8 Å². The van der Waals surface area contributed by atoms with E-state index < -0.39 is 17.7 Å². The standard InChI is InChI=1S/C32H51FN4O4/c1-4-6-7-8-9-10-11-12-13-14-15-16-17-18-19-20-23-40-31(38)41-25-32(5-2,39-3)21-22-37-26-35-29-27(37)24-28(33)36-30(29)34/h2,24,26H,4,6-23,25H2,1,3H3,(H2,34,36). The van der Waals surface area contributed by atoms with Crippen molar-refractivity contribution in [2.45, 2.75) is 128 Å². The molecule has 0 aliphatic rings. The summed E-state index contributed by atoms with van der Waals surface area (Å²) < 4.78 is 31.4. The molecule has 0 radical (unpaired) electrons. The average Bonchev–Trinajstić information content (AvgIpc) is 3.38. The number of nitrogens with two attached hydrogens (primary N) is 1. The Hall–Kier alpha value is -2.86. The number of carbonyl (C=O) groups is 1. The minimum Gasteiger partial charge on any atom is -0.434 e. The summed E-state index contributed by atoms with van der Waals surface area (Å²) in [6.07, 6.45) is 27.4. The van der Waals surface area contributed by atoms with Gasteiger partial charge in [-0.05, 0) is 6.42 Å². The first kappa shape index (κ1) is 34.3. The highest BCUT2D eigenvalue weighted by molar-refractivity contribution is 5.84. The van der Waals surface area contributed by atoms with E-state index in [1.54, 1.807) is 4.57 Å². The third-order valence-corrected chi connectivity index (χ3v) is 7.66. The van der Waals surface area contributed by atoms with Crippen LogP contribution in [0.25, 0.3) is 11.0 Å². The zero-order valence-electron chi connectivity index (χ0n) is 25.3. The molecule has 9 heteroatoms. The first-order chi connectivity index (χ1) is 19.9. The van der Waals surface area contributed by atoms with Crippen LogP contribution < -0.4 is 5.73 Å². The maximum Gasteiger partial charge on any atom is 0.508 e. The average molecular weight is 575 g/mol. The van der Waals surface area contributed by atoms with E-state index in [0.29, 0.717) is 30.6 Å². The van der Waals surface area contributed by atoms with Gasteiger partial charge in [-0.3, -0.25) is 0 Å². The Balaban J connectivity index is 1.51. The monoisotopic (exact) mass is 574 g/mol. The molecule has 0 spiro atoms. The number of unbranched alkanes of at least 4 members (excludes halogenated alkanes) is 15. The molecule has 1 atom stereocenters. The molecule has 0 fully saturated rings. The summed E-state index contributed by atoms with van der Waals surface area (Å²) in [5, 5.41) is 0. The molecule has 2 aromatic rings. The largest absolute Gasteiger partial charge is 0.508 e. The number of fused-ring (bicyclic) bond motifs is 1. The van der Waals surface area contributed by atoms with E-state index in [0.717, 1.165) is 19.3 Å². The molecule has 230 valence electrons. The fourth-order valence-electron chi connectivity index (χ4n) is 4.96. The second-order valence-corrected chi connectivity index (χ2v) is 10.9. The number of nitrogens with zero attached hydrogens (tertiary/aromatic N) is 3. The molecule has 0 aliphatic heterocycles. The van der Waals surface area contributed by atoms with Crippen molar-refractivity contribution in [1.82, 2.24) is 14.5 Å². The van der Waals surface area contributed by atoms with Crippen molar-refractivity contribution in [2.75, 3.05) is 26.1 Å². The van der Waals surface area contributed by atoms with Crippen molar-refractivity contribution in [3.8, 4) is 12.3 Å². The topological polar surface area (TPSA) is 101 Å². The number of halogens is 1. The zero-order valence-corrected chi connectivity index (χ0v) is 25.3. The summed E-state index contributed by atoms with van der Waals surface area (Å²) in [5.74, 6) is 1.91. The van der Waals surface area contributed by atoms with Gasteiger partial charge in [0, 0.05) is 26.1 Å². The first-order valence-corrected chi connectivity index (χ1v) is 15.5. The molecular weight excluding hydrogens is 523 g/mol. The summed E-state index contributed by atoms with van der Waals surface area (Å²) in [7, 11) is 1.46. The van der Waals surface area contributed by atoms with Crippen LogP contribution in [-0.2, 0) is 20.8 Å². The molecule has 2 N–H and O–H groups in total. The van der Waals surface area contributed by atoms with Crippen molar-refractivity contribution in [2.24, 2.45) is 0 Å². The number of hydrogen-bond acceptors (Lipinski definition) is 7. The highest BCUT2D eigenvalue weighted by Gasteiger charge is 2.30. The summed E-state index contributed by atoms with van der Waals surface area (Å²) >= 11 is 0. The van der Waals surface area contributed by atoms with Gasteiger partial charge in [0.15, 0.2) is 11.4 Å². The van der Waals surface area contributed by atoms with Gasteiger partial charge >= 0.3 is 6.16 Å². The molecule has 8 nitrogen and oxygen atoms in total. The maximum absolute atomic E-state index is 13.7. The second kappa shape index (κ2) is 20.1. The van der Waals surface area contributed by atoms with Gasteiger partial charge in [0.25, 0.3) is 0 Å². The van der Waals surface area contributed by atoms with Gasteiger partial charge in [0.1, 0.15) is 12.1 Å².